The molecule has 1 saturated heterocycles. The summed E-state index contributed by atoms with van der Waals surface area (Å²) in [6, 6.07) is 18.2. The van der Waals surface area contributed by atoms with Gasteiger partial charge in [0, 0.05) is 50.9 Å². The second-order valence-electron chi connectivity index (χ2n) is 9.76. The molecule has 0 radical (unpaired) electrons. The highest BCUT2D eigenvalue weighted by atomic mass is 32.2. The topological polar surface area (TPSA) is 143 Å². The molecule has 0 bridgehead atoms. The van der Waals surface area contributed by atoms with Gasteiger partial charge in [0.15, 0.2) is 0 Å². The normalized spacial score (nSPS) is 13.8. The van der Waals surface area contributed by atoms with E-state index in [2.05, 4.69) is 21.0 Å². The average molecular weight is 609 g/mol. The second-order valence-corrected chi connectivity index (χ2v) is 11.3. The van der Waals surface area contributed by atoms with Crippen molar-refractivity contribution < 1.29 is 22.0 Å². The lowest BCUT2D eigenvalue weighted by molar-refractivity contribution is 0.0958. The summed E-state index contributed by atoms with van der Waals surface area (Å²) in [5.41, 5.74) is 2.64. The lowest BCUT2D eigenvalue weighted by atomic mass is 9.96. The predicted molar refractivity (Wildman–Crippen MR) is 163 cm³/mol. The Bertz CT molecular complexity index is 1490. The van der Waals surface area contributed by atoms with Crippen molar-refractivity contribution in [3.05, 3.63) is 101 Å². The Morgan fingerprint density at radius 3 is 1.91 bits per heavy atom. The maximum atomic E-state index is 13.4. The van der Waals surface area contributed by atoms with E-state index >= 15 is 0 Å². The van der Waals surface area contributed by atoms with Crippen LogP contribution >= 0.6 is 0 Å². The van der Waals surface area contributed by atoms with Gasteiger partial charge in [0.05, 0.1) is 23.2 Å². The molecule has 3 aromatic carbocycles. The van der Waals surface area contributed by atoms with E-state index in [9.17, 15) is 22.0 Å². The largest absolute Gasteiger partial charge is 0.341 e. The smallest absolute Gasteiger partial charge is 0.252 e. The molecule has 43 heavy (non-hydrogen) atoms. The minimum Gasteiger partial charge on any atom is -0.341 e. The molecule has 0 aliphatic carbocycles. The van der Waals surface area contributed by atoms with Gasteiger partial charge in [0.25, 0.3) is 5.91 Å². The summed E-state index contributed by atoms with van der Waals surface area (Å²) in [4.78, 5) is 16.0. The zero-order valence-corrected chi connectivity index (χ0v) is 24.3. The molecule has 9 nitrogen and oxygen atoms in total. The van der Waals surface area contributed by atoms with E-state index in [-0.39, 0.29) is 35.0 Å². The van der Waals surface area contributed by atoms with E-state index in [1.54, 1.807) is 24.3 Å². The zero-order chi connectivity index (χ0) is 31.4. The molecule has 1 heterocycles. The second kappa shape index (κ2) is 15.8. The third-order valence-corrected chi connectivity index (χ3v) is 7.74. The number of terminal acetylenes is 1. The number of nitrogens with zero attached hydrogens (tertiary/aromatic N) is 2. The van der Waals surface area contributed by atoms with Crippen LogP contribution < -0.4 is 10.5 Å². The molecule has 0 aromatic heterocycles. The number of hydrogen-bond acceptors (Lipinski definition) is 7. The first kappa shape index (κ1) is 33.2. The number of benzene rings is 3. The Morgan fingerprint density at radius 1 is 0.953 bits per heavy atom. The number of sulfonamides is 1. The van der Waals surface area contributed by atoms with Crippen LogP contribution in [0.15, 0.2) is 77.7 Å². The van der Waals surface area contributed by atoms with Crippen LogP contribution in [-0.2, 0) is 10.0 Å². The quantitative estimate of drug-likeness (QED) is 0.206. The van der Waals surface area contributed by atoms with Gasteiger partial charge in [0.2, 0.25) is 10.0 Å². The standard InChI is InChI=1S/C21H24F2N4.C10H10N2O3S/c22-18-5-1-16(2-6-18)21(17-3-7-19(23)8-4-17)27-13-11-26(12-14-27)10-9-20(25)15-24;1-2-7-12-10(13)8-3-5-9(6-4-8)16(11,14)15/h1-8,15,21,24-25H,9-14H2;1,3-6H,7H2,(H,12,13)(H2,11,14,15). The van der Waals surface area contributed by atoms with Crippen molar-refractivity contribution in [2.45, 2.75) is 17.4 Å². The summed E-state index contributed by atoms with van der Waals surface area (Å²) >= 11 is 0. The fraction of sp³-hybridized carbons (Fsp3) is 0.258. The minimum absolute atomic E-state index is 0.0407. The highest BCUT2D eigenvalue weighted by Crippen LogP contribution is 2.30. The van der Waals surface area contributed by atoms with Crippen molar-refractivity contribution in [1.29, 1.82) is 10.8 Å². The first-order valence-electron chi connectivity index (χ1n) is 13.4. The maximum Gasteiger partial charge on any atom is 0.252 e. The van der Waals surface area contributed by atoms with Crippen LogP contribution in [0.2, 0.25) is 0 Å². The van der Waals surface area contributed by atoms with Gasteiger partial charge in [-0.1, -0.05) is 30.2 Å². The van der Waals surface area contributed by atoms with E-state index in [1.165, 1.54) is 48.5 Å². The lowest BCUT2D eigenvalue weighted by Crippen LogP contribution is -2.48. The van der Waals surface area contributed by atoms with E-state index < -0.39 is 10.0 Å². The molecule has 1 aliphatic heterocycles. The molecule has 1 aliphatic rings. The maximum absolute atomic E-state index is 13.4. The Hall–Kier alpha value is -4.28. The monoisotopic (exact) mass is 608 g/mol. The number of halogens is 2. The highest BCUT2D eigenvalue weighted by Gasteiger charge is 2.26. The Labute approximate surface area is 250 Å². The van der Waals surface area contributed by atoms with Gasteiger partial charge in [-0.15, -0.1) is 6.42 Å². The van der Waals surface area contributed by atoms with E-state index in [0.717, 1.165) is 50.1 Å². The molecule has 1 fully saturated rings. The number of hydrogen-bond donors (Lipinski definition) is 4. The summed E-state index contributed by atoms with van der Waals surface area (Å²) < 4.78 is 48.6. The molecule has 226 valence electrons. The van der Waals surface area contributed by atoms with Crippen LogP contribution in [0.25, 0.3) is 0 Å². The highest BCUT2D eigenvalue weighted by molar-refractivity contribution is 7.89. The van der Waals surface area contributed by atoms with Crippen LogP contribution in [0.4, 0.5) is 8.78 Å². The van der Waals surface area contributed by atoms with Crippen molar-refractivity contribution in [3.63, 3.8) is 0 Å². The Kier molecular flexibility index (Phi) is 12.2. The van der Waals surface area contributed by atoms with Gasteiger partial charge in [-0.3, -0.25) is 9.69 Å². The zero-order valence-electron chi connectivity index (χ0n) is 23.5. The van der Waals surface area contributed by atoms with E-state index in [4.69, 9.17) is 22.4 Å². The molecule has 0 saturated carbocycles. The number of rotatable bonds is 10. The molecule has 0 unspecified atom stereocenters. The molecule has 0 spiro atoms. The van der Waals surface area contributed by atoms with Crippen LogP contribution in [0.3, 0.4) is 0 Å². The van der Waals surface area contributed by atoms with Crippen molar-refractivity contribution in [2.75, 3.05) is 39.3 Å². The number of piperazine rings is 1. The average Bonchev–Trinajstić information content (AvgIpc) is 3.01. The number of primary sulfonamides is 1. The van der Waals surface area contributed by atoms with Gasteiger partial charge in [0.1, 0.15) is 11.6 Å². The van der Waals surface area contributed by atoms with Crippen molar-refractivity contribution in [3.8, 4) is 12.3 Å². The molecule has 12 heteroatoms. The fourth-order valence-electron chi connectivity index (χ4n) is 4.53. The van der Waals surface area contributed by atoms with Crippen molar-refractivity contribution >= 4 is 27.9 Å². The van der Waals surface area contributed by atoms with Gasteiger partial charge in [-0.05, 0) is 59.7 Å². The molecule has 1 amide bonds. The first-order chi connectivity index (χ1) is 20.5. The molecule has 0 atom stereocenters. The predicted octanol–water partition coefficient (Wildman–Crippen LogP) is 3.43. The number of nitrogens with one attached hydrogen (secondary N) is 3. The first-order valence-corrected chi connectivity index (χ1v) is 15.0. The third kappa shape index (κ3) is 10.2. The number of amides is 1. The Morgan fingerprint density at radius 2 is 1.47 bits per heavy atom. The summed E-state index contributed by atoms with van der Waals surface area (Å²) in [5, 5.41) is 22.0. The van der Waals surface area contributed by atoms with Crippen LogP contribution in [0.5, 0.6) is 0 Å². The SMILES string of the molecule is C#CCNC(=O)c1ccc(S(N)(=O)=O)cc1.N=CC(=N)CCN1CCN(C(c2ccc(F)cc2)c2ccc(F)cc2)CC1. The lowest BCUT2D eigenvalue weighted by Gasteiger charge is -2.39. The van der Waals surface area contributed by atoms with Gasteiger partial charge >= 0.3 is 0 Å². The van der Waals surface area contributed by atoms with E-state index in [0.29, 0.717) is 17.7 Å². The van der Waals surface area contributed by atoms with Gasteiger partial charge < -0.3 is 21.0 Å². The molecule has 3 aromatic rings. The summed E-state index contributed by atoms with van der Waals surface area (Å²) in [6.07, 6.45) is 6.65. The summed E-state index contributed by atoms with van der Waals surface area (Å²) in [6.45, 7) is 4.29. The van der Waals surface area contributed by atoms with Gasteiger partial charge in [-0.25, -0.2) is 22.3 Å². The summed E-state index contributed by atoms with van der Waals surface area (Å²) in [7, 11) is -3.73. The van der Waals surface area contributed by atoms with Crippen molar-refractivity contribution in [1.82, 2.24) is 15.1 Å². The van der Waals surface area contributed by atoms with Crippen LogP contribution in [-0.4, -0.2) is 75.3 Å². The number of carbonyl (C=O) groups is 1. The minimum atomic E-state index is -3.73. The number of carbonyl (C=O) groups excluding carboxylic acids is 1. The molecule has 4 rings (SSSR count). The Balaban J connectivity index is 0.000000271. The molecule has 5 N–H and O–H groups in total. The fourth-order valence-corrected chi connectivity index (χ4v) is 5.04. The summed E-state index contributed by atoms with van der Waals surface area (Å²) in [5.74, 6) is 1.36. The molecular formula is C31H34F2N6O3S. The van der Waals surface area contributed by atoms with Crippen LogP contribution in [0, 0.1) is 34.8 Å². The molecular weight excluding hydrogens is 574 g/mol. The van der Waals surface area contributed by atoms with Crippen LogP contribution in [0.1, 0.15) is 33.9 Å². The number of nitrogens with two attached hydrogens (primary N) is 1. The van der Waals surface area contributed by atoms with Crippen molar-refractivity contribution in [2.24, 2.45) is 5.14 Å². The van der Waals surface area contributed by atoms with E-state index in [1.807, 2.05) is 0 Å². The third-order valence-electron chi connectivity index (χ3n) is 6.81. The van der Waals surface area contributed by atoms with Gasteiger partial charge in [-0.2, -0.15) is 0 Å².